The minimum atomic E-state index is -0.858. The summed E-state index contributed by atoms with van der Waals surface area (Å²) in [5.41, 5.74) is 0.624. The summed E-state index contributed by atoms with van der Waals surface area (Å²) in [6.07, 6.45) is 1.28. The number of amides is 1. The molecule has 4 nitrogen and oxygen atoms in total. The highest BCUT2D eigenvalue weighted by Crippen LogP contribution is 2.22. The third kappa shape index (κ3) is 3.59. The standard InChI is InChI=1S/C14H18F2N2O2/c1-2-20-14(19)17-10-4-3-7-18(9-10)11-5-6-12(15)13(16)8-11/h5-6,8,10H,2-4,7,9H2,1H3,(H,17,19). The number of hydrogen-bond acceptors (Lipinski definition) is 3. The molecule has 110 valence electrons. The van der Waals surface area contributed by atoms with E-state index in [1.807, 2.05) is 4.90 Å². The smallest absolute Gasteiger partial charge is 0.407 e. The van der Waals surface area contributed by atoms with Crippen molar-refractivity contribution in [1.29, 1.82) is 0 Å². The molecule has 1 heterocycles. The third-order valence-corrected chi connectivity index (χ3v) is 3.29. The number of nitrogens with zero attached hydrogens (tertiary/aromatic N) is 1. The molecule has 0 aromatic heterocycles. The molecule has 1 aliphatic rings. The van der Waals surface area contributed by atoms with Gasteiger partial charge in [0.1, 0.15) is 0 Å². The van der Waals surface area contributed by atoms with E-state index in [0.717, 1.165) is 25.5 Å². The Labute approximate surface area is 116 Å². The third-order valence-electron chi connectivity index (χ3n) is 3.29. The lowest BCUT2D eigenvalue weighted by molar-refractivity contribution is 0.146. The maximum atomic E-state index is 13.3. The van der Waals surface area contributed by atoms with Crippen LogP contribution >= 0.6 is 0 Å². The van der Waals surface area contributed by atoms with Gasteiger partial charge in [-0.1, -0.05) is 0 Å². The number of benzene rings is 1. The number of ether oxygens (including phenoxy) is 1. The molecular formula is C14H18F2N2O2. The first-order valence-corrected chi connectivity index (χ1v) is 6.73. The van der Waals surface area contributed by atoms with E-state index >= 15 is 0 Å². The fourth-order valence-electron chi connectivity index (χ4n) is 2.35. The van der Waals surface area contributed by atoms with E-state index in [2.05, 4.69) is 5.32 Å². The molecule has 1 fully saturated rings. The van der Waals surface area contributed by atoms with Gasteiger partial charge in [-0.3, -0.25) is 0 Å². The predicted molar refractivity (Wildman–Crippen MR) is 71.8 cm³/mol. The van der Waals surface area contributed by atoms with E-state index in [1.165, 1.54) is 6.07 Å². The number of piperidine rings is 1. The van der Waals surface area contributed by atoms with Crippen LogP contribution < -0.4 is 10.2 Å². The van der Waals surface area contributed by atoms with Crippen molar-refractivity contribution in [3.8, 4) is 0 Å². The molecule has 0 spiro atoms. The molecular weight excluding hydrogens is 266 g/mol. The lowest BCUT2D eigenvalue weighted by Crippen LogP contribution is -2.48. The van der Waals surface area contributed by atoms with Crippen LogP contribution in [0.25, 0.3) is 0 Å². The van der Waals surface area contributed by atoms with Crippen molar-refractivity contribution in [2.75, 3.05) is 24.6 Å². The monoisotopic (exact) mass is 284 g/mol. The number of anilines is 1. The molecule has 1 N–H and O–H groups in total. The molecule has 1 aromatic carbocycles. The molecule has 1 unspecified atom stereocenters. The summed E-state index contributed by atoms with van der Waals surface area (Å²) >= 11 is 0. The average molecular weight is 284 g/mol. The van der Waals surface area contributed by atoms with E-state index < -0.39 is 17.7 Å². The summed E-state index contributed by atoms with van der Waals surface area (Å²) in [4.78, 5) is 13.3. The van der Waals surface area contributed by atoms with Crippen LogP contribution in [0.2, 0.25) is 0 Å². The SMILES string of the molecule is CCOC(=O)NC1CCCN(c2ccc(F)c(F)c2)C1. The van der Waals surface area contributed by atoms with E-state index in [9.17, 15) is 13.6 Å². The molecule has 0 bridgehead atoms. The van der Waals surface area contributed by atoms with Crippen LogP contribution in [0.5, 0.6) is 0 Å². The summed E-state index contributed by atoms with van der Waals surface area (Å²) in [6, 6.07) is 3.80. The Balaban J connectivity index is 1.99. The molecule has 2 rings (SSSR count). The van der Waals surface area contributed by atoms with Gasteiger partial charge in [0.25, 0.3) is 0 Å². The van der Waals surface area contributed by atoms with E-state index in [1.54, 1.807) is 13.0 Å². The number of alkyl carbamates (subject to hydrolysis) is 1. The number of rotatable bonds is 3. The largest absolute Gasteiger partial charge is 0.450 e. The Kier molecular flexibility index (Phi) is 4.76. The number of carbonyl (C=O) groups is 1. The molecule has 1 amide bonds. The van der Waals surface area contributed by atoms with Crippen molar-refractivity contribution in [3.63, 3.8) is 0 Å². The van der Waals surface area contributed by atoms with Crippen molar-refractivity contribution >= 4 is 11.8 Å². The molecule has 1 aliphatic heterocycles. The van der Waals surface area contributed by atoms with Crippen LogP contribution in [0, 0.1) is 11.6 Å². The van der Waals surface area contributed by atoms with E-state index in [-0.39, 0.29) is 6.04 Å². The van der Waals surface area contributed by atoms with Gasteiger partial charge in [0.05, 0.1) is 6.61 Å². The number of hydrogen-bond donors (Lipinski definition) is 1. The van der Waals surface area contributed by atoms with Gasteiger partial charge >= 0.3 is 6.09 Å². The van der Waals surface area contributed by atoms with Gasteiger partial charge in [-0.25, -0.2) is 13.6 Å². The van der Waals surface area contributed by atoms with Crippen molar-refractivity contribution in [2.45, 2.75) is 25.8 Å². The van der Waals surface area contributed by atoms with Crippen LogP contribution in [0.4, 0.5) is 19.3 Å². The number of carbonyl (C=O) groups excluding carboxylic acids is 1. The highest BCUT2D eigenvalue weighted by molar-refractivity contribution is 5.67. The molecule has 1 atom stereocenters. The van der Waals surface area contributed by atoms with Crippen LogP contribution in [0.3, 0.4) is 0 Å². The highest BCUT2D eigenvalue weighted by Gasteiger charge is 2.22. The Morgan fingerprint density at radius 2 is 2.25 bits per heavy atom. The maximum absolute atomic E-state index is 13.3. The molecule has 1 aromatic rings. The van der Waals surface area contributed by atoms with Gasteiger partial charge in [0.2, 0.25) is 0 Å². The first-order valence-electron chi connectivity index (χ1n) is 6.73. The second kappa shape index (κ2) is 6.54. The van der Waals surface area contributed by atoms with Gasteiger partial charge in [0.15, 0.2) is 11.6 Å². The Morgan fingerprint density at radius 3 is 2.95 bits per heavy atom. The first kappa shape index (κ1) is 14.6. The zero-order valence-corrected chi connectivity index (χ0v) is 11.4. The van der Waals surface area contributed by atoms with Crippen LogP contribution in [-0.4, -0.2) is 31.8 Å². The average Bonchev–Trinajstić information content (AvgIpc) is 2.42. The van der Waals surface area contributed by atoms with E-state index in [0.29, 0.717) is 18.8 Å². The van der Waals surface area contributed by atoms with Crippen molar-refractivity contribution in [3.05, 3.63) is 29.8 Å². The minimum Gasteiger partial charge on any atom is -0.450 e. The van der Waals surface area contributed by atoms with Gasteiger partial charge in [-0.05, 0) is 31.9 Å². The van der Waals surface area contributed by atoms with E-state index in [4.69, 9.17) is 4.74 Å². The van der Waals surface area contributed by atoms with Crippen molar-refractivity contribution < 1.29 is 18.3 Å². The van der Waals surface area contributed by atoms with Gasteiger partial charge in [-0.15, -0.1) is 0 Å². The fraction of sp³-hybridized carbons (Fsp3) is 0.500. The molecule has 1 saturated heterocycles. The molecule has 6 heteroatoms. The van der Waals surface area contributed by atoms with Gasteiger partial charge in [0, 0.05) is 30.9 Å². The van der Waals surface area contributed by atoms with Crippen LogP contribution in [0.15, 0.2) is 18.2 Å². The number of halogens is 2. The molecule has 0 radical (unpaired) electrons. The summed E-state index contributed by atoms with van der Waals surface area (Å²) in [5, 5.41) is 2.77. The fourth-order valence-corrected chi connectivity index (χ4v) is 2.35. The quantitative estimate of drug-likeness (QED) is 0.928. The first-order chi connectivity index (χ1) is 9.60. The van der Waals surface area contributed by atoms with Crippen molar-refractivity contribution in [1.82, 2.24) is 5.32 Å². The minimum absolute atomic E-state index is 0.0454. The zero-order valence-electron chi connectivity index (χ0n) is 11.4. The topological polar surface area (TPSA) is 41.6 Å². The summed E-state index contributed by atoms with van der Waals surface area (Å²) in [7, 11) is 0. The highest BCUT2D eigenvalue weighted by atomic mass is 19.2. The second-order valence-corrected chi connectivity index (χ2v) is 4.75. The molecule has 20 heavy (non-hydrogen) atoms. The zero-order chi connectivity index (χ0) is 14.5. The summed E-state index contributed by atoms with van der Waals surface area (Å²) < 4.78 is 31.0. The van der Waals surface area contributed by atoms with Crippen LogP contribution in [0.1, 0.15) is 19.8 Å². The Hall–Kier alpha value is -1.85. The van der Waals surface area contributed by atoms with Crippen LogP contribution in [-0.2, 0) is 4.74 Å². The normalized spacial score (nSPS) is 18.8. The van der Waals surface area contributed by atoms with Crippen molar-refractivity contribution in [2.24, 2.45) is 0 Å². The lowest BCUT2D eigenvalue weighted by atomic mass is 10.1. The summed E-state index contributed by atoms with van der Waals surface area (Å²) in [6.45, 7) is 3.38. The molecule has 0 aliphatic carbocycles. The Bertz CT molecular complexity index is 482. The molecule has 0 saturated carbocycles. The van der Waals surface area contributed by atoms with Gasteiger partial charge in [-0.2, -0.15) is 0 Å². The lowest BCUT2D eigenvalue weighted by Gasteiger charge is -2.34. The summed E-state index contributed by atoms with van der Waals surface area (Å²) in [5.74, 6) is -1.71. The van der Waals surface area contributed by atoms with Gasteiger partial charge < -0.3 is 15.0 Å². The second-order valence-electron chi connectivity index (χ2n) is 4.75. The predicted octanol–water partition coefficient (Wildman–Crippen LogP) is 2.68. The number of nitrogens with one attached hydrogen (secondary N) is 1. The Morgan fingerprint density at radius 1 is 1.45 bits per heavy atom. The maximum Gasteiger partial charge on any atom is 0.407 e.